The van der Waals surface area contributed by atoms with Crippen molar-refractivity contribution >= 4 is 38.9 Å². The second kappa shape index (κ2) is 8.93. The fourth-order valence-corrected chi connectivity index (χ4v) is 4.90. The first-order chi connectivity index (χ1) is 15.7. The third-order valence-corrected chi connectivity index (χ3v) is 6.70. The van der Waals surface area contributed by atoms with Gasteiger partial charge < -0.3 is 10.1 Å². The van der Waals surface area contributed by atoms with Gasteiger partial charge in [0.15, 0.2) is 0 Å². The van der Waals surface area contributed by atoms with E-state index in [4.69, 9.17) is 11.6 Å². The summed E-state index contributed by atoms with van der Waals surface area (Å²) in [5.74, 6) is -1.93. The van der Waals surface area contributed by atoms with Crippen LogP contribution in [-0.2, 0) is 16.6 Å². The van der Waals surface area contributed by atoms with Crippen LogP contribution in [0.3, 0.4) is 0 Å². The molecule has 1 aliphatic heterocycles. The molecule has 0 atom stereocenters. The van der Waals surface area contributed by atoms with Gasteiger partial charge in [0, 0.05) is 18.3 Å². The van der Waals surface area contributed by atoms with Crippen molar-refractivity contribution in [3.63, 3.8) is 0 Å². The minimum absolute atomic E-state index is 0.0783. The number of nitrogens with zero attached hydrogens (tertiary/aromatic N) is 1. The molecule has 0 spiro atoms. The number of alkyl halides is 2. The summed E-state index contributed by atoms with van der Waals surface area (Å²) in [6.07, 6.45) is 0. The Morgan fingerprint density at radius 1 is 1.12 bits per heavy atom. The number of benzene rings is 3. The van der Waals surface area contributed by atoms with Gasteiger partial charge in [-0.2, -0.15) is 21.6 Å². The van der Waals surface area contributed by atoms with E-state index in [0.717, 1.165) is 16.5 Å². The molecule has 0 saturated carbocycles. The molecule has 7 nitrogen and oxygen atoms in total. The largest absolute Gasteiger partial charge is 0.435 e. The first-order valence-corrected chi connectivity index (χ1v) is 11.2. The molecule has 172 valence electrons. The number of hydrazine groups is 1. The fourth-order valence-electron chi connectivity index (χ4n) is 3.26. The van der Waals surface area contributed by atoms with Gasteiger partial charge in [0.05, 0.1) is 21.2 Å². The topological polar surface area (TPSA) is 87.7 Å². The molecule has 0 unspecified atom stereocenters. The SMILES string of the molecule is O=C(Nc1ccc2c(c1)N(S(=O)(=O)c1cccc(OC(F)F)c1)NC2)c1c(F)cccc1Cl. The summed E-state index contributed by atoms with van der Waals surface area (Å²) in [6, 6.07) is 13.0. The number of halogens is 4. The Kier molecular flexibility index (Phi) is 6.19. The number of fused-ring (bicyclic) bond motifs is 1. The number of rotatable bonds is 6. The van der Waals surface area contributed by atoms with E-state index in [2.05, 4.69) is 15.5 Å². The van der Waals surface area contributed by atoms with Crippen LogP contribution >= 0.6 is 11.6 Å². The molecule has 4 rings (SSSR count). The average Bonchev–Trinajstić information content (AvgIpc) is 3.17. The van der Waals surface area contributed by atoms with Crippen LogP contribution in [-0.4, -0.2) is 20.9 Å². The highest BCUT2D eigenvalue weighted by atomic mass is 35.5. The maximum Gasteiger partial charge on any atom is 0.387 e. The van der Waals surface area contributed by atoms with E-state index in [1.54, 1.807) is 6.07 Å². The summed E-state index contributed by atoms with van der Waals surface area (Å²) in [5, 5.41) is 2.42. The van der Waals surface area contributed by atoms with Crippen molar-refractivity contribution in [3.05, 3.63) is 82.6 Å². The molecule has 1 heterocycles. The van der Waals surface area contributed by atoms with E-state index in [1.807, 2.05) is 0 Å². The van der Waals surface area contributed by atoms with Crippen LogP contribution in [0.4, 0.5) is 24.5 Å². The maximum atomic E-state index is 14.0. The van der Waals surface area contributed by atoms with Crippen molar-refractivity contribution in [1.82, 2.24) is 5.43 Å². The number of sulfonamides is 1. The molecular formula is C21H15ClF3N3O4S. The Hall–Kier alpha value is -3.28. The summed E-state index contributed by atoms with van der Waals surface area (Å²) in [6.45, 7) is -2.95. The second-order valence-corrected chi connectivity index (χ2v) is 9.05. The number of carbonyl (C=O) groups excluding carboxylic acids is 1. The molecule has 33 heavy (non-hydrogen) atoms. The first kappa shape index (κ1) is 22.9. The van der Waals surface area contributed by atoms with Gasteiger partial charge >= 0.3 is 6.61 Å². The van der Waals surface area contributed by atoms with Crippen molar-refractivity contribution in [2.45, 2.75) is 18.1 Å². The van der Waals surface area contributed by atoms with Crippen LogP contribution < -0.4 is 19.9 Å². The van der Waals surface area contributed by atoms with Crippen LogP contribution in [0.1, 0.15) is 15.9 Å². The summed E-state index contributed by atoms with van der Waals surface area (Å²) in [7, 11) is -4.22. The van der Waals surface area contributed by atoms with E-state index in [0.29, 0.717) is 5.56 Å². The number of nitrogens with one attached hydrogen (secondary N) is 2. The average molecular weight is 498 g/mol. The Balaban J connectivity index is 1.63. The van der Waals surface area contributed by atoms with Gasteiger partial charge in [-0.05, 0) is 42.0 Å². The van der Waals surface area contributed by atoms with Crippen molar-refractivity contribution in [2.24, 2.45) is 0 Å². The molecule has 0 fully saturated rings. The number of hydrogen-bond donors (Lipinski definition) is 2. The maximum absolute atomic E-state index is 14.0. The lowest BCUT2D eigenvalue weighted by Crippen LogP contribution is -2.38. The number of ether oxygens (including phenoxy) is 1. The number of anilines is 2. The van der Waals surface area contributed by atoms with Crippen LogP contribution in [0.2, 0.25) is 5.02 Å². The smallest absolute Gasteiger partial charge is 0.387 e. The Morgan fingerprint density at radius 3 is 2.61 bits per heavy atom. The van der Waals surface area contributed by atoms with Gasteiger partial charge in [-0.25, -0.2) is 9.82 Å². The first-order valence-electron chi connectivity index (χ1n) is 9.39. The lowest BCUT2D eigenvalue weighted by molar-refractivity contribution is -0.0500. The van der Waals surface area contributed by atoms with Gasteiger partial charge in [-0.1, -0.05) is 29.8 Å². The highest BCUT2D eigenvalue weighted by Gasteiger charge is 2.32. The lowest BCUT2D eigenvalue weighted by atomic mass is 10.1. The number of amides is 1. The monoisotopic (exact) mass is 497 g/mol. The van der Waals surface area contributed by atoms with E-state index in [9.17, 15) is 26.4 Å². The summed E-state index contributed by atoms with van der Waals surface area (Å²) in [4.78, 5) is 12.2. The Morgan fingerprint density at radius 2 is 1.88 bits per heavy atom. The van der Waals surface area contributed by atoms with Gasteiger partial charge in [0.1, 0.15) is 11.6 Å². The number of carbonyl (C=O) groups is 1. The minimum atomic E-state index is -4.22. The van der Waals surface area contributed by atoms with Crippen molar-refractivity contribution < 1.29 is 31.1 Å². The molecule has 0 bridgehead atoms. The predicted octanol–water partition coefficient (Wildman–Crippen LogP) is 4.55. The molecule has 12 heteroatoms. The van der Waals surface area contributed by atoms with Crippen molar-refractivity contribution in [1.29, 1.82) is 0 Å². The third-order valence-electron chi connectivity index (χ3n) is 4.73. The molecule has 1 amide bonds. The molecule has 3 aromatic rings. The third kappa shape index (κ3) is 4.61. The van der Waals surface area contributed by atoms with Gasteiger partial charge in [-0.15, -0.1) is 0 Å². The quantitative estimate of drug-likeness (QED) is 0.522. The Labute approximate surface area is 191 Å². The molecule has 0 aliphatic carbocycles. The van der Waals surface area contributed by atoms with Crippen molar-refractivity contribution in [3.8, 4) is 5.75 Å². The summed E-state index contributed by atoms with van der Waals surface area (Å²) in [5.41, 5.74) is 3.36. The molecule has 1 aliphatic rings. The van der Waals surface area contributed by atoms with Gasteiger partial charge in [0.2, 0.25) is 0 Å². The molecular weight excluding hydrogens is 483 g/mol. The van der Waals surface area contributed by atoms with E-state index < -0.39 is 28.4 Å². The zero-order valence-corrected chi connectivity index (χ0v) is 18.1. The Bertz CT molecular complexity index is 1320. The standard InChI is InChI=1S/C21H15ClF3N3O4S/c22-16-5-2-6-17(23)19(16)20(29)27-13-8-7-12-11-26-28(18(12)9-13)33(30,31)15-4-1-3-14(10-15)32-21(24)25/h1-10,21,26H,11H2,(H,27,29). The molecule has 0 aromatic heterocycles. The van der Waals surface area contributed by atoms with Crippen LogP contribution in [0.5, 0.6) is 5.75 Å². The summed E-state index contributed by atoms with van der Waals surface area (Å²) < 4.78 is 70.5. The molecule has 2 N–H and O–H groups in total. The second-order valence-electron chi connectivity index (χ2n) is 6.85. The lowest BCUT2D eigenvalue weighted by Gasteiger charge is -2.20. The normalized spacial score (nSPS) is 13.2. The van der Waals surface area contributed by atoms with Crippen molar-refractivity contribution in [2.75, 3.05) is 9.73 Å². The molecule has 0 saturated heterocycles. The zero-order valence-electron chi connectivity index (χ0n) is 16.6. The highest BCUT2D eigenvalue weighted by molar-refractivity contribution is 7.92. The number of hydrogen-bond acceptors (Lipinski definition) is 5. The fraction of sp³-hybridized carbons (Fsp3) is 0.0952. The van der Waals surface area contributed by atoms with Crippen LogP contribution in [0.15, 0.2) is 65.6 Å². The van der Waals surface area contributed by atoms with Crippen LogP contribution in [0, 0.1) is 5.82 Å². The highest BCUT2D eigenvalue weighted by Crippen LogP contribution is 2.34. The molecule has 0 radical (unpaired) electrons. The predicted molar refractivity (Wildman–Crippen MR) is 115 cm³/mol. The van der Waals surface area contributed by atoms with Crippen LogP contribution in [0.25, 0.3) is 0 Å². The minimum Gasteiger partial charge on any atom is -0.435 e. The van der Waals surface area contributed by atoms with E-state index >= 15 is 0 Å². The van der Waals surface area contributed by atoms with Gasteiger partial charge in [-0.3, -0.25) is 4.79 Å². The van der Waals surface area contributed by atoms with Gasteiger partial charge in [0.25, 0.3) is 15.9 Å². The molecule has 3 aromatic carbocycles. The van der Waals surface area contributed by atoms with E-state index in [1.165, 1.54) is 42.5 Å². The van der Waals surface area contributed by atoms with E-state index in [-0.39, 0.29) is 39.2 Å². The summed E-state index contributed by atoms with van der Waals surface area (Å²) >= 11 is 5.92. The zero-order chi connectivity index (χ0) is 23.8.